The summed E-state index contributed by atoms with van der Waals surface area (Å²) in [5.41, 5.74) is 1.93. The van der Waals surface area contributed by atoms with E-state index in [-0.39, 0.29) is 18.3 Å². The lowest BCUT2D eigenvalue weighted by Gasteiger charge is -2.32. The highest BCUT2D eigenvalue weighted by Gasteiger charge is 2.44. The van der Waals surface area contributed by atoms with Crippen molar-refractivity contribution in [1.29, 1.82) is 0 Å². The Morgan fingerprint density at radius 3 is 2.52 bits per heavy atom. The Morgan fingerprint density at radius 2 is 1.83 bits per heavy atom. The fourth-order valence-corrected chi connectivity index (χ4v) is 3.29. The van der Waals surface area contributed by atoms with E-state index in [1.807, 2.05) is 42.5 Å². The Bertz CT molecular complexity index is 614. The summed E-state index contributed by atoms with van der Waals surface area (Å²) in [7, 11) is 0. The molecule has 3 nitrogen and oxygen atoms in total. The quantitative estimate of drug-likeness (QED) is 0.829. The lowest BCUT2D eigenvalue weighted by molar-refractivity contribution is -0.176. The van der Waals surface area contributed by atoms with E-state index in [9.17, 15) is 5.11 Å². The largest absolute Gasteiger partial charge is 0.396 e. The van der Waals surface area contributed by atoms with E-state index < -0.39 is 0 Å². The molecule has 1 saturated heterocycles. The van der Waals surface area contributed by atoms with Crippen LogP contribution in [0, 0.1) is 5.41 Å². The van der Waals surface area contributed by atoms with Gasteiger partial charge in [-0.2, -0.15) is 0 Å². The predicted octanol–water partition coefficient (Wildman–Crippen LogP) is 3.93. The summed E-state index contributed by atoms with van der Waals surface area (Å²) in [6.07, 6.45) is 1.19. The van der Waals surface area contributed by atoms with Crippen LogP contribution in [0.5, 0.6) is 0 Å². The van der Waals surface area contributed by atoms with Gasteiger partial charge in [-0.25, -0.2) is 0 Å². The van der Waals surface area contributed by atoms with E-state index >= 15 is 0 Å². The van der Waals surface area contributed by atoms with Gasteiger partial charge in [0, 0.05) is 4.47 Å². The van der Waals surface area contributed by atoms with E-state index in [0.717, 1.165) is 22.9 Å². The van der Waals surface area contributed by atoms with Gasteiger partial charge in [0.25, 0.3) is 0 Å². The van der Waals surface area contributed by atoms with Gasteiger partial charge in [-0.05, 0) is 36.1 Å². The van der Waals surface area contributed by atoms with Gasteiger partial charge in [0.1, 0.15) is 0 Å². The number of benzene rings is 2. The minimum atomic E-state index is -0.378. The molecule has 0 aromatic heterocycles. The second kappa shape index (κ2) is 7.58. The number of hydrogen-bond donors (Lipinski definition) is 1. The van der Waals surface area contributed by atoms with Crippen molar-refractivity contribution in [1.82, 2.24) is 0 Å². The average molecular weight is 377 g/mol. The van der Waals surface area contributed by atoms with Crippen molar-refractivity contribution in [2.45, 2.75) is 25.7 Å². The Balaban J connectivity index is 1.68. The van der Waals surface area contributed by atoms with Gasteiger partial charge in [-0.3, -0.25) is 0 Å². The number of rotatable bonds is 6. The Labute approximate surface area is 145 Å². The molecule has 0 bridgehead atoms. The van der Waals surface area contributed by atoms with E-state index in [1.165, 1.54) is 5.56 Å². The Morgan fingerprint density at radius 1 is 1.09 bits per heavy atom. The lowest BCUT2D eigenvalue weighted by Crippen LogP contribution is -2.38. The summed E-state index contributed by atoms with van der Waals surface area (Å²) in [5.74, 6) is 0. The molecule has 0 saturated carbocycles. The van der Waals surface area contributed by atoms with Crippen molar-refractivity contribution in [2.75, 3.05) is 13.2 Å². The number of ether oxygens (including phenoxy) is 2. The van der Waals surface area contributed by atoms with Crippen LogP contribution in [0.3, 0.4) is 0 Å². The van der Waals surface area contributed by atoms with Crippen LogP contribution in [-0.4, -0.2) is 24.6 Å². The first-order chi connectivity index (χ1) is 11.2. The van der Waals surface area contributed by atoms with Gasteiger partial charge in [0.05, 0.1) is 25.2 Å². The molecule has 0 spiro atoms. The molecule has 2 atom stereocenters. The molecule has 0 amide bonds. The standard InChI is InChI=1S/C19H21BrO3/c20-17-8-6-16(7-9-17)13-23-18-19(14-21,10-11-22-18)12-15-4-2-1-3-5-15/h1-9,18,21H,10-14H2/t18-,19+/m1/s1. The van der Waals surface area contributed by atoms with Crippen LogP contribution >= 0.6 is 15.9 Å². The van der Waals surface area contributed by atoms with Crippen LogP contribution in [0.1, 0.15) is 17.5 Å². The van der Waals surface area contributed by atoms with E-state index in [2.05, 4.69) is 28.1 Å². The molecule has 1 N–H and O–H groups in total. The Kier molecular flexibility index (Phi) is 5.49. The molecule has 1 fully saturated rings. The summed E-state index contributed by atoms with van der Waals surface area (Å²) in [6.45, 7) is 1.17. The van der Waals surface area contributed by atoms with E-state index in [0.29, 0.717) is 13.2 Å². The van der Waals surface area contributed by atoms with Crippen molar-refractivity contribution >= 4 is 15.9 Å². The van der Waals surface area contributed by atoms with Gasteiger partial charge in [0.2, 0.25) is 0 Å². The van der Waals surface area contributed by atoms with Crippen molar-refractivity contribution in [3.63, 3.8) is 0 Å². The minimum absolute atomic E-state index is 0.0624. The number of hydrogen-bond acceptors (Lipinski definition) is 3. The summed E-state index contributed by atoms with van der Waals surface area (Å²) >= 11 is 3.43. The SMILES string of the molecule is OC[C@@]1(Cc2ccccc2)CCO[C@@H]1OCc1ccc(Br)cc1. The van der Waals surface area contributed by atoms with Gasteiger partial charge in [0.15, 0.2) is 6.29 Å². The summed E-state index contributed by atoms with van der Waals surface area (Å²) in [5, 5.41) is 10.0. The second-order valence-corrected chi connectivity index (χ2v) is 6.99. The van der Waals surface area contributed by atoms with Crippen LogP contribution in [0.2, 0.25) is 0 Å². The first-order valence-electron chi connectivity index (χ1n) is 7.84. The molecule has 1 heterocycles. The molecule has 1 aliphatic rings. The molecule has 0 radical (unpaired) electrons. The second-order valence-electron chi connectivity index (χ2n) is 6.07. The highest BCUT2D eigenvalue weighted by atomic mass is 79.9. The van der Waals surface area contributed by atoms with Crippen molar-refractivity contribution in [3.05, 3.63) is 70.2 Å². The molecule has 3 rings (SSSR count). The van der Waals surface area contributed by atoms with Crippen LogP contribution in [0.15, 0.2) is 59.1 Å². The zero-order valence-corrected chi connectivity index (χ0v) is 14.5. The zero-order valence-electron chi connectivity index (χ0n) is 13.0. The van der Waals surface area contributed by atoms with Crippen LogP contribution in [0.25, 0.3) is 0 Å². The fourth-order valence-electron chi connectivity index (χ4n) is 3.02. The first-order valence-corrected chi connectivity index (χ1v) is 8.64. The third-order valence-corrected chi connectivity index (χ3v) is 4.93. The number of aliphatic hydroxyl groups excluding tert-OH is 1. The van der Waals surface area contributed by atoms with E-state index in [4.69, 9.17) is 9.47 Å². The summed E-state index contributed by atoms with van der Waals surface area (Å²) in [4.78, 5) is 0. The molecular weight excluding hydrogens is 356 g/mol. The molecule has 2 aromatic carbocycles. The molecular formula is C19H21BrO3. The average Bonchev–Trinajstić information content (AvgIpc) is 2.98. The van der Waals surface area contributed by atoms with Gasteiger partial charge < -0.3 is 14.6 Å². The molecule has 1 aliphatic heterocycles. The van der Waals surface area contributed by atoms with Crippen LogP contribution < -0.4 is 0 Å². The molecule has 4 heteroatoms. The summed E-state index contributed by atoms with van der Waals surface area (Å²) < 4.78 is 12.8. The summed E-state index contributed by atoms with van der Waals surface area (Å²) in [6, 6.07) is 18.3. The van der Waals surface area contributed by atoms with Crippen molar-refractivity contribution in [3.8, 4) is 0 Å². The third kappa shape index (κ3) is 4.01. The lowest BCUT2D eigenvalue weighted by atomic mass is 9.80. The maximum Gasteiger partial charge on any atom is 0.166 e. The number of aliphatic hydroxyl groups is 1. The molecule has 2 aromatic rings. The van der Waals surface area contributed by atoms with Crippen molar-refractivity contribution < 1.29 is 14.6 Å². The maximum atomic E-state index is 10.0. The number of halogens is 1. The zero-order chi connectivity index (χ0) is 16.1. The maximum absolute atomic E-state index is 10.0. The molecule has 0 aliphatic carbocycles. The Hall–Kier alpha value is -1.20. The minimum Gasteiger partial charge on any atom is -0.396 e. The highest BCUT2D eigenvalue weighted by Crippen LogP contribution is 2.39. The third-order valence-electron chi connectivity index (χ3n) is 4.40. The van der Waals surface area contributed by atoms with Crippen LogP contribution in [0.4, 0.5) is 0 Å². The van der Waals surface area contributed by atoms with Gasteiger partial charge in [-0.1, -0.05) is 58.4 Å². The van der Waals surface area contributed by atoms with Gasteiger partial charge >= 0.3 is 0 Å². The normalized spacial score (nSPS) is 24.0. The molecule has 122 valence electrons. The van der Waals surface area contributed by atoms with Gasteiger partial charge in [-0.15, -0.1) is 0 Å². The van der Waals surface area contributed by atoms with Crippen molar-refractivity contribution in [2.24, 2.45) is 5.41 Å². The van der Waals surface area contributed by atoms with E-state index in [1.54, 1.807) is 0 Å². The fraction of sp³-hybridized carbons (Fsp3) is 0.368. The molecule has 0 unspecified atom stereocenters. The topological polar surface area (TPSA) is 38.7 Å². The highest BCUT2D eigenvalue weighted by molar-refractivity contribution is 9.10. The molecule has 23 heavy (non-hydrogen) atoms. The van der Waals surface area contributed by atoms with Crippen LogP contribution in [-0.2, 0) is 22.5 Å². The monoisotopic (exact) mass is 376 g/mol. The smallest absolute Gasteiger partial charge is 0.166 e. The first kappa shape index (κ1) is 16.7. The predicted molar refractivity (Wildman–Crippen MR) is 93.0 cm³/mol.